The van der Waals surface area contributed by atoms with E-state index in [0.29, 0.717) is 13.1 Å². The molecule has 4 heteroatoms. The van der Waals surface area contributed by atoms with Crippen molar-refractivity contribution in [2.24, 2.45) is 0 Å². The standard InChI is InChI=1S/C20H24O3Si/c1-20(2,3)24(18-11-6-4-7-12-18,19-13-8-5-9-14-19)23-16-10-15-22-17-21/h4-15,17H,16H2,1-3H3/b15-10-. The Hall–Kier alpha value is -2.17. The van der Waals surface area contributed by atoms with Gasteiger partial charge in [0.05, 0.1) is 12.9 Å². The summed E-state index contributed by atoms with van der Waals surface area (Å²) in [6.45, 7) is 7.47. The molecule has 0 heterocycles. The van der Waals surface area contributed by atoms with Gasteiger partial charge in [0.25, 0.3) is 14.8 Å². The van der Waals surface area contributed by atoms with Crippen molar-refractivity contribution in [2.75, 3.05) is 6.61 Å². The first-order valence-electron chi connectivity index (χ1n) is 8.01. The Labute approximate surface area is 145 Å². The summed E-state index contributed by atoms with van der Waals surface area (Å²) in [6.07, 6.45) is 3.10. The third-order valence-electron chi connectivity index (χ3n) is 4.04. The lowest BCUT2D eigenvalue weighted by molar-refractivity contribution is -0.123. The molecule has 24 heavy (non-hydrogen) atoms. The molecule has 2 rings (SSSR count). The van der Waals surface area contributed by atoms with E-state index in [1.54, 1.807) is 6.08 Å². The lowest BCUT2D eigenvalue weighted by Crippen LogP contribution is -2.66. The lowest BCUT2D eigenvalue weighted by atomic mass is 10.2. The van der Waals surface area contributed by atoms with Crippen molar-refractivity contribution in [1.29, 1.82) is 0 Å². The maximum atomic E-state index is 10.3. The molecule has 3 nitrogen and oxygen atoms in total. The molecule has 2 aromatic carbocycles. The topological polar surface area (TPSA) is 35.5 Å². The molecule has 0 atom stereocenters. The summed E-state index contributed by atoms with van der Waals surface area (Å²) >= 11 is 0. The van der Waals surface area contributed by atoms with Crippen LogP contribution >= 0.6 is 0 Å². The molecular weight excluding hydrogens is 316 g/mol. The van der Waals surface area contributed by atoms with E-state index >= 15 is 0 Å². The lowest BCUT2D eigenvalue weighted by Gasteiger charge is -2.42. The smallest absolute Gasteiger partial charge is 0.297 e. The van der Waals surface area contributed by atoms with Crippen molar-refractivity contribution in [3.05, 3.63) is 73.0 Å². The van der Waals surface area contributed by atoms with Gasteiger partial charge in [-0.2, -0.15) is 0 Å². The van der Waals surface area contributed by atoms with Crippen LogP contribution in [0.2, 0.25) is 5.04 Å². The van der Waals surface area contributed by atoms with Crippen LogP contribution in [0.3, 0.4) is 0 Å². The minimum atomic E-state index is -2.50. The quantitative estimate of drug-likeness (QED) is 0.441. The van der Waals surface area contributed by atoms with E-state index in [0.717, 1.165) is 0 Å². The molecule has 0 saturated carbocycles. The first kappa shape index (κ1) is 18.2. The number of hydrogen-bond acceptors (Lipinski definition) is 3. The minimum absolute atomic E-state index is 0.0605. The summed E-state index contributed by atoms with van der Waals surface area (Å²) in [5, 5.41) is 2.40. The van der Waals surface area contributed by atoms with Gasteiger partial charge in [-0.1, -0.05) is 81.4 Å². The van der Waals surface area contributed by atoms with Crippen LogP contribution in [0.15, 0.2) is 73.0 Å². The van der Waals surface area contributed by atoms with Crippen LogP contribution in [0.5, 0.6) is 0 Å². The average Bonchev–Trinajstić information content (AvgIpc) is 2.59. The molecular formula is C20H24O3Si. The average molecular weight is 340 g/mol. The van der Waals surface area contributed by atoms with Gasteiger partial charge >= 0.3 is 0 Å². The van der Waals surface area contributed by atoms with Gasteiger partial charge in [0.1, 0.15) is 0 Å². The fourth-order valence-corrected chi connectivity index (χ4v) is 7.56. The molecule has 126 valence electrons. The van der Waals surface area contributed by atoms with Gasteiger partial charge in [-0.05, 0) is 21.5 Å². The molecule has 0 aromatic heterocycles. The predicted octanol–water partition coefficient (Wildman–Crippen LogP) is 3.25. The Bertz CT molecular complexity index is 621. The third kappa shape index (κ3) is 3.83. The Kier molecular flexibility index (Phi) is 6.12. The molecule has 0 N–H and O–H groups in total. The highest BCUT2D eigenvalue weighted by atomic mass is 28.4. The highest BCUT2D eigenvalue weighted by molar-refractivity contribution is 6.99. The zero-order chi connectivity index (χ0) is 17.5. The number of carbonyl (C=O) groups is 1. The first-order chi connectivity index (χ1) is 11.5. The number of ether oxygens (including phenoxy) is 1. The van der Waals surface area contributed by atoms with Crippen molar-refractivity contribution >= 4 is 25.2 Å². The van der Waals surface area contributed by atoms with Crippen LogP contribution in [0.4, 0.5) is 0 Å². The number of carbonyl (C=O) groups excluding carboxylic acids is 1. The van der Waals surface area contributed by atoms with E-state index in [1.165, 1.54) is 16.6 Å². The van der Waals surface area contributed by atoms with E-state index in [9.17, 15) is 4.79 Å². The van der Waals surface area contributed by atoms with Crippen LogP contribution in [-0.4, -0.2) is 21.4 Å². The van der Waals surface area contributed by atoms with Crippen molar-refractivity contribution in [1.82, 2.24) is 0 Å². The second-order valence-corrected chi connectivity index (χ2v) is 10.9. The summed E-state index contributed by atoms with van der Waals surface area (Å²) in [7, 11) is -2.50. The molecule has 0 amide bonds. The molecule has 0 unspecified atom stereocenters. The normalized spacial score (nSPS) is 12.3. The molecule has 0 fully saturated rings. The zero-order valence-electron chi connectivity index (χ0n) is 14.4. The van der Waals surface area contributed by atoms with Gasteiger partial charge in [0.2, 0.25) is 0 Å². The van der Waals surface area contributed by atoms with Crippen LogP contribution in [-0.2, 0) is 14.0 Å². The summed E-state index contributed by atoms with van der Waals surface area (Å²) < 4.78 is 11.2. The van der Waals surface area contributed by atoms with Gasteiger partial charge < -0.3 is 9.16 Å². The fraction of sp³-hybridized carbons (Fsp3) is 0.250. The van der Waals surface area contributed by atoms with Crippen molar-refractivity contribution in [2.45, 2.75) is 25.8 Å². The summed E-state index contributed by atoms with van der Waals surface area (Å²) in [4.78, 5) is 10.3. The highest BCUT2D eigenvalue weighted by Crippen LogP contribution is 2.36. The second kappa shape index (κ2) is 8.08. The molecule has 0 aliphatic heterocycles. The monoisotopic (exact) mass is 340 g/mol. The predicted molar refractivity (Wildman–Crippen MR) is 99.9 cm³/mol. The summed E-state index contributed by atoms with van der Waals surface area (Å²) in [5.41, 5.74) is 0. The minimum Gasteiger partial charge on any atom is -0.437 e. The molecule has 0 aliphatic rings. The maximum Gasteiger partial charge on any atom is 0.297 e. The van der Waals surface area contributed by atoms with Crippen molar-refractivity contribution in [3.8, 4) is 0 Å². The fourth-order valence-electron chi connectivity index (χ4n) is 3.06. The van der Waals surface area contributed by atoms with Gasteiger partial charge in [-0.3, -0.25) is 4.79 Å². The van der Waals surface area contributed by atoms with Gasteiger partial charge in [-0.25, -0.2) is 0 Å². The molecule has 0 aliphatic carbocycles. The summed E-state index contributed by atoms with van der Waals surface area (Å²) in [5.74, 6) is 0. The molecule has 0 bridgehead atoms. The highest BCUT2D eigenvalue weighted by Gasteiger charge is 2.49. The van der Waals surface area contributed by atoms with E-state index in [2.05, 4.69) is 74.0 Å². The van der Waals surface area contributed by atoms with Gasteiger partial charge in [0, 0.05) is 0 Å². The molecule has 0 spiro atoms. The van der Waals surface area contributed by atoms with Crippen LogP contribution < -0.4 is 10.4 Å². The Morgan fingerprint density at radius 1 is 0.917 bits per heavy atom. The van der Waals surface area contributed by atoms with Gasteiger partial charge in [-0.15, -0.1) is 0 Å². The molecule has 0 saturated heterocycles. The van der Waals surface area contributed by atoms with Crippen molar-refractivity contribution < 1.29 is 14.0 Å². The Morgan fingerprint density at radius 3 is 1.83 bits per heavy atom. The van der Waals surface area contributed by atoms with Crippen LogP contribution in [0.1, 0.15) is 20.8 Å². The van der Waals surface area contributed by atoms with Crippen LogP contribution in [0.25, 0.3) is 0 Å². The number of hydrogen-bond donors (Lipinski definition) is 0. The molecule has 2 aromatic rings. The number of rotatable bonds is 7. The first-order valence-corrected chi connectivity index (χ1v) is 9.92. The zero-order valence-corrected chi connectivity index (χ0v) is 15.4. The molecule has 0 radical (unpaired) electrons. The third-order valence-corrected chi connectivity index (χ3v) is 9.05. The van der Waals surface area contributed by atoms with E-state index in [1.807, 2.05) is 12.1 Å². The van der Waals surface area contributed by atoms with E-state index < -0.39 is 8.32 Å². The summed E-state index contributed by atoms with van der Waals surface area (Å²) in [6, 6.07) is 20.9. The van der Waals surface area contributed by atoms with Crippen molar-refractivity contribution in [3.63, 3.8) is 0 Å². The van der Waals surface area contributed by atoms with Gasteiger partial charge in [0.15, 0.2) is 0 Å². The SMILES string of the molecule is CC(C)(C)[Si](OC/C=C\OC=O)(c1ccccc1)c1ccccc1. The largest absolute Gasteiger partial charge is 0.437 e. The van der Waals surface area contributed by atoms with E-state index in [-0.39, 0.29) is 5.04 Å². The Morgan fingerprint density at radius 2 is 1.42 bits per heavy atom. The van der Waals surface area contributed by atoms with Crippen LogP contribution in [0, 0.1) is 0 Å². The number of benzene rings is 2. The Balaban J connectivity index is 2.51. The second-order valence-electron chi connectivity index (χ2n) is 6.58. The maximum absolute atomic E-state index is 10.3. The van der Waals surface area contributed by atoms with E-state index in [4.69, 9.17) is 4.43 Å².